The number of rotatable bonds is 1. The molecule has 0 saturated heterocycles. The number of pyridine rings is 2. The van der Waals surface area contributed by atoms with Gasteiger partial charge in [0.25, 0.3) is 5.56 Å². The molecule has 2 aromatic heterocycles. The molecule has 7 nitrogen and oxygen atoms in total. The Morgan fingerprint density at radius 1 is 1.32 bits per heavy atom. The van der Waals surface area contributed by atoms with Gasteiger partial charge < -0.3 is 19.4 Å². The molecule has 2 aliphatic heterocycles. The van der Waals surface area contributed by atoms with Crippen molar-refractivity contribution in [2.45, 2.75) is 30.5 Å². The molecule has 2 atom stereocenters. The number of fused-ring (bicyclic) bond motifs is 5. The van der Waals surface area contributed by atoms with Crippen molar-refractivity contribution >= 4 is 32.8 Å². The van der Waals surface area contributed by atoms with Gasteiger partial charge in [0, 0.05) is 22.0 Å². The van der Waals surface area contributed by atoms with Crippen LogP contribution in [0.3, 0.4) is 0 Å². The SMILES string of the molecule is CC[C@@]1(O)C(=O)OC(Br)c2c1cc1n(c2=O)Cc2c-1[nH]c1ccccc1c2=O. The molecule has 4 heterocycles. The van der Waals surface area contributed by atoms with E-state index in [9.17, 15) is 19.5 Å². The summed E-state index contributed by atoms with van der Waals surface area (Å²) >= 11 is 3.22. The van der Waals surface area contributed by atoms with E-state index < -0.39 is 22.1 Å². The number of hydrogen-bond donors (Lipinski definition) is 2. The number of alkyl halides is 1. The fourth-order valence-corrected chi connectivity index (χ4v) is 4.70. The summed E-state index contributed by atoms with van der Waals surface area (Å²) in [6.45, 7) is 1.77. The van der Waals surface area contributed by atoms with Gasteiger partial charge in [-0.2, -0.15) is 0 Å². The van der Waals surface area contributed by atoms with Crippen LogP contribution in [0.1, 0.15) is 35.0 Å². The number of para-hydroxylation sites is 1. The molecular formula is C20H15BrN2O5. The van der Waals surface area contributed by atoms with Crippen molar-refractivity contribution in [3.8, 4) is 11.4 Å². The third-order valence-electron chi connectivity index (χ3n) is 5.65. The number of esters is 1. The Balaban J connectivity index is 1.87. The second kappa shape index (κ2) is 5.65. The smallest absolute Gasteiger partial charge is 0.344 e. The molecule has 0 radical (unpaired) electrons. The van der Waals surface area contributed by atoms with Crippen LogP contribution in [-0.4, -0.2) is 20.6 Å². The quantitative estimate of drug-likeness (QED) is 0.347. The first-order chi connectivity index (χ1) is 13.4. The number of carbonyl (C=O) groups excluding carboxylic acids is 1. The summed E-state index contributed by atoms with van der Waals surface area (Å²) in [6.07, 6.45) is 0.0581. The number of benzene rings is 1. The van der Waals surface area contributed by atoms with Crippen molar-refractivity contribution in [2.75, 3.05) is 0 Å². The molecule has 142 valence electrons. The first-order valence-electron chi connectivity index (χ1n) is 8.87. The number of nitrogens with one attached hydrogen (secondary N) is 1. The largest absolute Gasteiger partial charge is 0.443 e. The predicted octanol–water partition coefficient (Wildman–Crippen LogP) is 2.27. The molecule has 0 aliphatic carbocycles. The summed E-state index contributed by atoms with van der Waals surface area (Å²) in [5.74, 6) is -0.807. The number of nitrogens with zero attached hydrogens (tertiary/aromatic N) is 1. The van der Waals surface area contributed by atoms with E-state index in [4.69, 9.17) is 4.74 Å². The Labute approximate surface area is 166 Å². The van der Waals surface area contributed by atoms with Gasteiger partial charge in [0.05, 0.1) is 23.5 Å². The molecule has 3 aromatic rings. The molecule has 0 amide bonds. The topological polar surface area (TPSA) is 101 Å². The van der Waals surface area contributed by atoms with E-state index in [1.54, 1.807) is 31.2 Å². The Morgan fingerprint density at radius 2 is 2.07 bits per heavy atom. The van der Waals surface area contributed by atoms with E-state index in [0.717, 1.165) is 0 Å². The number of aliphatic hydroxyl groups is 1. The van der Waals surface area contributed by atoms with E-state index >= 15 is 0 Å². The molecule has 0 saturated carbocycles. The second-order valence-corrected chi connectivity index (χ2v) is 7.87. The maximum Gasteiger partial charge on any atom is 0.344 e. The molecular weight excluding hydrogens is 428 g/mol. The van der Waals surface area contributed by atoms with Gasteiger partial charge in [0.15, 0.2) is 16.0 Å². The molecule has 1 aromatic carbocycles. The van der Waals surface area contributed by atoms with E-state index in [2.05, 4.69) is 20.9 Å². The molecule has 5 rings (SSSR count). The van der Waals surface area contributed by atoms with Gasteiger partial charge >= 0.3 is 5.97 Å². The Bertz CT molecular complexity index is 1310. The number of halogens is 1. The Kier molecular flexibility index (Phi) is 3.51. The van der Waals surface area contributed by atoms with E-state index in [1.807, 2.05) is 6.07 Å². The highest BCUT2D eigenvalue weighted by atomic mass is 79.9. The molecule has 2 N–H and O–H groups in total. The van der Waals surface area contributed by atoms with Gasteiger partial charge in [0.1, 0.15) is 0 Å². The van der Waals surface area contributed by atoms with Crippen LogP contribution in [0.5, 0.6) is 0 Å². The van der Waals surface area contributed by atoms with Crippen molar-refractivity contribution in [1.82, 2.24) is 9.55 Å². The van der Waals surface area contributed by atoms with Gasteiger partial charge in [-0.25, -0.2) is 4.79 Å². The first kappa shape index (κ1) is 17.4. The fraction of sp³-hybridized carbons (Fsp3) is 0.250. The monoisotopic (exact) mass is 442 g/mol. The van der Waals surface area contributed by atoms with Crippen molar-refractivity contribution in [1.29, 1.82) is 0 Å². The average molecular weight is 443 g/mol. The van der Waals surface area contributed by atoms with Crippen molar-refractivity contribution in [3.05, 3.63) is 67.6 Å². The van der Waals surface area contributed by atoms with Gasteiger partial charge in [-0.15, -0.1) is 0 Å². The lowest BCUT2D eigenvalue weighted by Crippen LogP contribution is -2.45. The standard InChI is InChI=1S/C20H15BrN2O5/c1-2-20(27)11-7-13-15-10(16(24)9-5-3-4-6-12(9)22-15)8-23(13)18(25)14(11)17(21)28-19(20)26/h3-7,17,27H,2,8H2,1H3,(H,22,24)/t17?,20-/m0/s1. The number of ether oxygens (including phenoxy) is 1. The number of hydrogen-bond acceptors (Lipinski definition) is 5. The fourth-order valence-electron chi connectivity index (χ4n) is 4.09. The average Bonchev–Trinajstić information content (AvgIpc) is 3.05. The molecule has 28 heavy (non-hydrogen) atoms. The molecule has 2 aliphatic rings. The molecule has 1 unspecified atom stereocenters. The number of aromatic nitrogens is 2. The number of H-pyrrole nitrogens is 1. The maximum atomic E-state index is 13.2. The van der Waals surface area contributed by atoms with Crippen LogP contribution in [0.25, 0.3) is 22.3 Å². The van der Waals surface area contributed by atoms with E-state index in [0.29, 0.717) is 27.9 Å². The van der Waals surface area contributed by atoms with Crippen LogP contribution in [-0.2, 0) is 21.7 Å². The summed E-state index contributed by atoms with van der Waals surface area (Å²) < 4.78 is 6.64. The molecule has 0 spiro atoms. The second-order valence-electron chi connectivity index (χ2n) is 7.04. The summed E-state index contributed by atoms with van der Waals surface area (Å²) in [7, 11) is 0. The van der Waals surface area contributed by atoms with Gasteiger partial charge in [-0.05, 0) is 40.5 Å². The van der Waals surface area contributed by atoms with Crippen LogP contribution in [0.2, 0.25) is 0 Å². The highest BCUT2D eigenvalue weighted by Crippen LogP contribution is 2.43. The summed E-state index contributed by atoms with van der Waals surface area (Å²) in [6, 6.07) is 8.76. The lowest BCUT2D eigenvalue weighted by atomic mass is 9.86. The zero-order valence-corrected chi connectivity index (χ0v) is 16.4. The zero-order chi connectivity index (χ0) is 19.8. The van der Waals surface area contributed by atoms with Crippen LogP contribution < -0.4 is 11.0 Å². The highest BCUT2D eigenvalue weighted by molar-refractivity contribution is 9.09. The Hall–Kier alpha value is -2.71. The normalized spacial score (nSPS) is 22.5. The maximum absolute atomic E-state index is 13.2. The van der Waals surface area contributed by atoms with E-state index in [-0.39, 0.29) is 29.5 Å². The third-order valence-corrected chi connectivity index (χ3v) is 6.29. The lowest BCUT2D eigenvalue weighted by molar-refractivity contribution is -0.172. The van der Waals surface area contributed by atoms with Crippen LogP contribution in [0, 0.1) is 0 Å². The Morgan fingerprint density at radius 3 is 2.82 bits per heavy atom. The highest BCUT2D eigenvalue weighted by Gasteiger charge is 2.48. The predicted molar refractivity (Wildman–Crippen MR) is 105 cm³/mol. The summed E-state index contributed by atoms with van der Waals surface area (Å²) in [5, 5.41) is 10.5. The van der Waals surface area contributed by atoms with Crippen LogP contribution in [0.4, 0.5) is 0 Å². The molecule has 0 fully saturated rings. The minimum Gasteiger partial charge on any atom is -0.443 e. The van der Waals surface area contributed by atoms with Gasteiger partial charge in [-0.1, -0.05) is 19.1 Å². The van der Waals surface area contributed by atoms with Gasteiger partial charge in [-0.3, -0.25) is 9.59 Å². The molecule has 0 bridgehead atoms. The van der Waals surface area contributed by atoms with Crippen molar-refractivity contribution in [3.63, 3.8) is 0 Å². The third kappa shape index (κ3) is 2.04. The van der Waals surface area contributed by atoms with Gasteiger partial charge in [0.2, 0.25) is 0 Å². The zero-order valence-electron chi connectivity index (χ0n) is 14.8. The number of cyclic esters (lactones) is 1. The van der Waals surface area contributed by atoms with E-state index in [1.165, 1.54) is 4.57 Å². The lowest BCUT2D eigenvalue weighted by Gasteiger charge is -2.34. The summed E-state index contributed by atoms with van der Waals surface area (Å²) in [5.41, 5.74) is 0.0956. The van der Waals surface area contributed by atoms with Crippen molar-refractivity contribution in [2.24, 2.45) is 0 Å². The number of aromatic amines is 1. The van der Waals surface area contributed by atoms with Crippen LogP contribution >= 0.6 is 15.9 Å². The minimum absolute atomic E-state index is 0.0581. The first-order valence-corrected chi connectivity index (χ1v) is 9.78. The molecule has 8 heteroatoms. The number of carbonyl (C=O) groups is 1. The summed E-state index contributed by atoms with van der Waals surface area (Å²) in [4.78, 5) is 41.7. The van der Waals surface area contributed by atoms with Crippen LogP contribution in [0.15, 0.2) is 39.9 Å². The van der Waals surface area contributed by atoms with Crippen molar-refractivity contribution < 1.29 is 14.6 Å². The minimum atomic E-state index is -1.91.